The van der Waals surface area contributed by atoms with Crippen molar-refractivity contribution in [3.8, 4) is 0 Å². The molecule has 17 heavy (non-hydrogen) atoms. The first kappa shape index (κ1) is 14.1. The van der Waals surface area contributed by atoms with Gasteiger partial charge in [0.05, 0.1) is 0 Å². The molecule has 0 atom stereocenters. The van der Waals surface area contributed by atoms with E-state index in [1.54, 1.807) is 6.07 Å². The molecule has 1 aromatic rings. The van der Waals surface area contributed by atoms with Crippen molar-refractivity contribution >= 4 is 0 Å². The van der Waals surface area contributed by atoms with E-state index in [2.05, 4.69) is 31.0 Å². The molecule has 3 heteroatoms. The first-order valence-corrected chi connectivity index (χ1v) is 6.24. The largest absolute Gasteiger partial charge is 0.316 e. The molecule has 0 heterocycles. The van der Waals surface area contributed by atoms with Crippen LogP contribution in [0.4, 0.5) is 4.39 Å². The van der Waals surface area contributed by atoms with Crippen LogP contribution in [0.3, 0.4) is 0 Å². The molecule has 0 amide bonds. The highest BCUT2D eigenvalue weighted by atomic mass is 19.1. The summed E-state index contributed by atoms with van der Waals surface area (Å²) in [6.45, 7) is 8.78. The lowest BCUT2D eigenvalue weighted by Gasteiger charge is -2.25. The average Bonchev–Trinajstić information content (AvgIpc) is 2.29. The standard InChI is InChI=1S/C14H23FN2/c1-5-17(11(2)3)10-13-8-12(9-16-4)6-7-14(13)15/h6-8,11,16H,5,9-10H2,1-4H3. The second-order valence-electron chi connectivity index (χ2n) is 4.61. The fourth-order valence-electron chi connectivity index (χ4n) is 1.94. The fourth-order valence-corrected chi connectivity index (χ4v) is 1.94. The Kier molecular flexibility index (Phi) is 5.59. The molecule has 0 fully saturated rings. The van der Waals surface area contributed by atoms with Gasteiger partial charge in [0.15, 0.2) is 0 Å². The number of halogens is 1. The van der Waals surface area contributed by atoms with E-state index in [1.807, 2.05) is 19.2 Å². The summed E-state index contributed by atoms with van der Waals surface area (Å²) in [5.41, 5.74) is 1.91. The third-order valence-electron chi connectivity index (χ3n) is 3.00. The van der Waals surface area contributed by atoms with Crippen LogP contribution in [-0.4, -0.2) is 24.5 Å². The second-order valence-corrected chi connectivity index (χ2v) is 4.61. The molecule has 1 rings (SSSR count). The number of nitrogens with one attached hydrogen (secondary N) is 1. The monoisotopic (exact) mass is 238 g/mol. The van der Waals surface area contributed by atoms with Crippen molar-refractivity contribution in [1.82, 2.24) is 10.2 Å². The van der Waals surface area contributed by atoms with E-state index in [-0.39, 0.29) is 5.82 Å². The van der Waals surface area contributed by atoms with Crippen LogP contribution in [0.1, 0.15) is 31.9 Å². The van der Waals surface area contributed by atoms with Gasteiger partial charge in [-0.1, -0.05) is 19.1 Å². The van der Waals surface area contributed by atoms with Gasteiger partial charge in [0, 0.05) is 24.7 Å². The minimum Gasteiger partial charge on any atom is -0.316 e. The Morgan fingerprint density at radius 1 is 1.35 bits per heavy atom. The highest BCUT2D eigenvalue weighted by molar-refractivity contribution is 5.25. The predicted molar refractivity (Wildman–Crippen MR) is 70.4 cm³/mol. The molecule has 1 N–H and O–H groups in total. The summed E-state index contributed by atoms with van der Waals surface area (Å²) in [4.78, 5) is 2.25. The zero-order chi connectivity index (χ0) is 12.8. The van der Waals surface area contributed by atoms with Crippen molar-refractivity contribution in [1.29, 1.82) is 0 Å². The first-order valence-electron chi connectivity index (χ1n) is 6.24. The smallest absolute Gasteiger partial charge is 0.127 e. The average molecular weight is 238 g/mol. The van der Waals surface area contributed by atoms with Crippen LogP contribution in [0.25, 0.3) is 0 Å². The molecule has 0 spiro atoms. The Bertz CT molecular complexity index is 350. The number of benzene rings is 1. The molecule has 0 bridgehead atoms. The van der Waals surface area contributed by atoms with Gasteiger partial charge < -0.3 is 5.32 Å². The molecular formula is C14H23FN2. The number of hydrogen-bond donors (Lipinski definition) is 1. The van der Waals surface area contributed by atoms with E-state index < -0.39 is 0 Å². The maximum Gasteiger partial charge on any atom is 0.127 e. The normalized spacial score (nSPS) is 11.5. The first-order chi connectivity index (χ1) is 8.08. The van der Waals surface area contributed by atoms with Crippen LogP contribution in [0.5, 0.6) is 0 Å². The van der Waals surface area contributed by atoms with Crippen LogP contribution in [0, 0.1) is 5.82 Å². The maximum atomic E-state index is 13.7. The van der Waals surface area contributed by atoms with Crippen LogP contribution < -0.4 is 5.32 Å². The van der Waals surface area contributed by atoms with E-state index in [4.69, 9.17) is 0 Å². The predicted octanol–water partition coefficient (Wildman–Crippen LogP) is 2.78. The van der Waals surface area contributed by atoms with Gasteiger partial charge >= 0.3 is 0 Å². The van der Waals surface area contributed by atoms with Crippen LogP contribution >= 0.6 is 0 Å². The zero-order valence-electron chi connectivity index (χ0n) is 11.3. The summed E-state index contributed by atoms with van der Waals surface area (Å²) < 4.78 is 13.7. The summed E-state index contributed by atoms with van der Waals surface area (Å²) in [6.07, 6.45) is 0. The van der Waals surface area contributed by atoms with Crippen molar-refractivity contribution in [2.24, 2.45) is 0 Å². The second kappa shape index (κ2) is 6.72. The molecule has 0 aromatic heterocycles. The van der Waals surface area contributed by atoms with Crippen LogP contribution in [-0.2, 0) is 13.1 Å². The van der Waals surface area contributed by atoms with E-state index in [0.717, 1.165) is 24.2 Å². The zero-order valence-corrected chi connectivity index (χ0v) is 11.3. The highest BCUT2D eigenvalue weighted by Gasteiger charge is 2.11. The Hall–Kier alpha value is -0.930. The van der Waals surface area contributed by atoms with E-state index >= 15 is 0 Å². The summed E-state index contributed by atoms with van der Waals surface area (Å²) in [7, 11) is 1.90. The van der Waals surface area contributed by atoms with Gasteiger partial charge in [-0.3, -0.25) is 4.90 Å². The molecule has 0 saturated carbocycles. The lowest BCUT2D eigenvalue weighted by atomic mass is 10.1. The molecule has 96 valence electrons. The topological polar surface area (TPSA) is 15.3 Å². The molecule has 0 aliphatic carbocycles. The minimum absolute atomic E-state index is 0.107. The molecule has 0 aliphatic heterocycles. The third kappa shape index (κ3) is 4.10. The molecule has 0 saturated heterocycles. The number of nitrogens with zero attached hydrogens (tertiary/aromatic N) is 1. The van der Waals surface area contributed by atoms with Crippen molar-refractivity contribution in [2.45, 2.75) is 39.9 Å². The highest BCUT2D eigenvalue weighted by Crippen LogP contribution is 2.14. The Labute approximate surface area is 104 Å². The molecule has 0 unspecified atom stereocenters. The lowest BCUT2D eigenvalue weighted by molar-refractivity contribution is 0.222. The Morgan fingerprint density at radius 3 is 2.59 bits per heavy atom. The van der Waals surface area contributed by atoms with Gasteiger partial charge in [-0.05, 0) is 39.1 Å². The van der Waals surface area contributed by atoms with E-state index in [9.17, 15) is 4.39 Å². The molecule has 1 aromatic carbocycles. The summed E-state index contributed by atoms with van der Waals surface area (Å²) in [5, 5.41) is 3.08. The van der Waals surface area contributed by atoms with Crippen LogP contribution in [0.15, 0.2) is 18.2 Å². The van der Waals surface area contributed by atoms with Crippen LogP contribution in [0.2, 0.25) is 0 Å². The SMILES string of the molecule is CCN(Cc1cc(CNC)ccc1F)C(C)C. The van der Waals surface area contributed by atoms with Gasteiger partial charge in [0.1, 0.15) is 5.82 Å². The minimum atomic E-state index is -0.107. The van der Waals surface area contributed by atoms with Gasteiger partial charge in [0.25, 0.3) is 0 Å². The number of rotatable bonds is 6. The van der Waals surface area contributed by atoms with Crippen molar-refractivity contribution in [3.63, 3.8) is 0 Å². The third-order valence-corrected chi connectivity index (χ3v) is 3.00. The maximum absolute atomic E-state index is 13.7. The molecule has 2 nitrogen and oxygen atoms in total. The van der Waals surface area contributed by atoms with Crippen molar-refractivity contribution in [2.75, 3.05) is 13.6 Å². The molecule has 0 aliphatic rings. The van der Waals surface area contributed by atoms with E-state index in [0.29, 0.717) is 12.6 Å². The van der Waals surface area contributed by atoms with Gasteiger partial charge in [-0.25, -0.2) is 4.39 Å². The molecule has 0 radical (unpaired) electrons. The lowest BCUT2D eigenvalue weighted by Crippen LogP contribution is -2.30. The van der Waals surface area contributed by atoms with E-state index in [1.165, 1.54) is 0 Å². The summed E-state index contributed by atoms with van der Waals surface area (Å²) in [5.74, 6) is -0.107. The van der Waals surface area contributed by atoms with Crippen molar-refractivity contribution < 1.29 is 4.39 Å². The quantitative estimate of drug-likeness (QED) is 0.820. The number of hydrogen-bond acceptors (Lipinski definition) is 2. The fraction of sp³-hybridized carbons (Fsp3) is 0.571. The Balaban J connectivity index is 2.84. The van der Waals surface area contributed by atoms with Crippen molar-refractivity contribution in [3.05, 3.63) is 35.1 Å². The summed E-state index contributed by atoms with van der Waals surface area (Å²) in [6, 6.07) is 5.79. The molecular weight excluding hydrogens is 215 g/mol. The van der Waals surface area contributed by atoms with Gasteiger partial charge in [-0.15, -0.1) is 0 Å². The van der Waals surface area contributed by atoms with Gasteiger partial charge in [0.2, 0.25) is 0 Å². The van der Waals surface area contributed by atoms with Gasteiger partial charge in [-0.2, -0.15) is 0 Å². The summed E-state index contributed by atoms with van der Waals surface area (Å²) >= 11 is 0. The Morgan fingerprint density at radius 2 is 2.06 bits per heavy atom.